The lowest BCUT2D eigenvalue weighted by atomic mass is 9.72. The van der Waals surface area contributed by atoms with E-state index in [0.717, 1.165) is 55.1 Å². The van der Waals surface area contributed by atoms with Crippen LogP contribution in [0.3, 0.4) is 0 Å². The van der Waals surface area contributed by atoms with Gasteiger partial charge in [-0.05, 0) is 55.2 Å². The summed E-state index contributed by atoms with van der Waals surface area (Å²) in [7, 11) is 0. The smallest absolute Gasteiger partial charge is 0.161 e. The molecule has 1 N–H and O–H groups in total. The van der Waals surface area contributed by atoms with E-state index in [-0.39, 0.29) is 0 Å². The average molecular weight is 290 g/mol. The zero-order valence-corrected chi connectivity index (χ0v) is 13.1. The number of hydrogen-bond donors (Lipinski definition) is 1. The summed E-state index contributed by atoms with van der Waals surface area (Å²) in [6.07, 6.45) is 4.79. The molecule has 0 atom stereocenters. The minimum Gasteiger partial charge on any atom is -0.490 e. The van der Waals surface area contributed by atoms with Crippen molar-refractivity contribution in [2.75, 3.05) is 13.2 Å². The van der Waals surface area contributed by atoms with Crippen LogP contribution in [0.1, 0.15) is 51.5 Å². The molecule has 1 aliphatic heterocycles. The van der Waals surface area contributed by atoms with Crippen molar-refractivity contribution in [2.24, 2.45) is 11.8 Å². The summed E-state index contributed by atoms with van der Waals surface area (Å²) in [5.74, 6) is 3.03. The number of ether oxygens (including phenoxy) is 2. The van der Waals surface area contributed by atoms with Gasteiger partial charge < -0.3 is 14.6 Å². The molecule has 0 saturated heterocycles. The largest absolute Gasteiger partial charge is 0.490 e. The summed E-state index contributed by atoms with van der Waals surface area (Å²) in [4.78, 5) is 0. The number of hydrogen-bond acceptors (Lipinski definition) is 3. The van der Waals surface area contributed by atoms with Crippen LogP contribution >= 0.6 is 0 Å². The number of rotatable bonds is 2. The van der Waals surface area contributed by atoms with Crippen LogP contribution in [-0.2, 0) is 5.60 Å². The van der Waals surface area contributed by atoms with E-state index in [9.17, 15) is 5.11 Å². The maximum absolute atomic E-state index is 11.0. The Morgan fingerprint density at radius 2 is 1.76 bits per heavy atom. The topological polar surface area (TPSA) is 38.7 Å². The fraction of sp³-hybridized carbons (Fsp3) is 0.667. The van der Waals surface area contributed by atoms with Crippen molar-refractivity contribution < 1.29 is 14.6 Å². The van der Waals surface area contributed by atoms with Crippen molar-refractivity contribution >= 4 is 0 Å². The van der Waals surface area contributed by atoms with Crippen LogP contribution in [0.4, 0.5) is 0 Å². The fourth-order valence-electron chi connectivity index (χ4n) is 3.53. The van der Waals surface area contributed by atoms with E-state index < -0.39 is 5.60 Å². The minimum absolute atomic E-state index is 0.685. The maximum Gasteiger partial charge on any atom is 0.161 e. The van der Waals surface area contributed by atoms with Crippen molar-refractivity contribution in [1.82, 2.24) is 0 Å². The molecule has 3 rings (SSSR count). The van der Waals surface area contributed by atoms with Gasteiger partial charge in [-0.2, -0.15) is 0 Å². The first-order valence-corrected chi connectivity index (χ1v) is 8.21. The first-order chi connectivity index (χ1) is 10.1. The maximum atomic E-state index is 11.0. The highest BCUT2D eigenvalue weighted by Gasteiger charge is 2.36. The highest BCUT2D eigenvalue weighted by Crippen LogP contribution is 2.44. The predicted molar refractivity (Wildman–Crippen MR) is 82.7 cm³/mol. The van der Waals surface area contributed by atoms with Crippen LogP contribution in [-0.4, -0.2) is 18.3 Å². The van der Waals surface area contributed by atoms with Gasteiger partial charge >= 0.3 is 0 Å². The lowest BCUT2D eigenvalue weighted by molar-refractivity contribution is -0.0201. The first kappa shape index (κ1) is 14.7. The van der Waals surface area contributed by atoms with Crippen LogP contribution in [0, 0.1) is 11.8 Å². The molecule has 0 amide bonds. The summed E-state index contributed by atoms with van der Waals surface area (Å²) in [6, 6.07) is 5.93. The molecule has 0 bridgehead atoms. The molecule has 1 aromatic rings. The molecule has 2 aliphatic rings. The Balaban J connectivity index is 1.79. The minimum atomic E-state index is -0.698. The molecule has 1 saturated carbocycles. The molecular formula is C18H26O3. The highest BCUT2D eigenvalue weighted by atomic mass is 16.5. The quantitative estimate of drug-likeness (QED) is 0.898. The van der Waals surface area contributed by atoms with E-state index in [4.69, 9.17) is 9.47 Å². The Labute approximate surface area is 127 Å². The van der Waals surface area contributed by atoms with Crippen molar-refractivity contribution in [3.05, 3.63) is 23.8 Å². The lowest BCUT2D eigenvalue weighted by Crippen LogP contribution is -2.32. The van der Waals surface area contributed by atoms with Crippen LogP contribution in [0.5, 0.6) is 11.5 Å². The molecule has 3 nitrogen and oxygen atoms in total. The summed E-state index contributed by atoms with van der Waals surface area (Å²) < 4.78 is 11.4. The third-order valence-corrected chi connectivity index (χ3v) is 5.09. The Morgan fingerprint density at radius 3 is 2.43 bits per heavy atom. The van der Waals surface area contributed by atoms with Gasteiger partial charge in [0.1, 0.15) is 0 Å². The van der Waals surface area contributed by atoms with Gasteiger partial charge in [0.2, 0.25) is 0 Å². The molecule has 1 aliphatic carbocycles. The molecule has 0 aromatic heterocycles. The van der Waals surface area contributed by atoms with Crippen molar-refractivity contribution in [2.45, 2.75) is 51.6 Å². The van der Waals surface area contributed by atoms with Gasteiger partial charge in [0.25, 0.3) is 0 Å². The summed E-state index contributed by atoms with van der Waals surface area (Å²) >= 11 is 0. The number of fused-ring (bicyclic) bond motifs is 1. The molecule has 1 fully saturated rings. The second kappa shape index (κ2) is 5.88. The van der Waals surface area contributed by atoms with Crippen molar-refractivity contribution in [3.63, 3.8) is 0 Å². The van der Waals surface area contributed by atoms with E-state index in [0.29, 0.717) is 19.1 Å². The van der Waals surface area contributed by atoms with Gasteiger partial charge in [0, 0.05) is 6.42 Å². The van der Waals surface area contributed by atoms with Gasteiger partial charge in [-0.25, -0.2) is 0 Å². The van der Waals surface area contributed by atoms with E-state index in [1.165, 1.54) is 0 Å². The molecule has 1 heterocycles. The number of benzene rings is 1. The number of aliphatic hydroxyl groups is 1. The molecule has 3 heteroatoms. The van der Waals surface area contributed by atoms with Crippen LogP contribution < -0.4 is 9.47 Å². The average Bonchev–Trinajstić information content (AvgIpc) is 2.72. The molecule has 1 aromatic carbocycles. The molecule has 21 heavy (non-hydrogen) atoms. The SMILES string of the molecule is CC(C)C1CCC(O)(c2ccc3c(c2)OCCCO3)CC1. The Bertz CT molecular complexity index is 487. The third kappa shape index (κ3) is 3.03. The zero-order valence-electron chi connectivity index (χ0n) is 13.1. The molecule has 116 valence electrons. The standard InChI is InChI=1S/C18H26O3/c1-13(2)14-6-8-18(19,9-7-14)15-4-5-16-17(12-15)21-11-3-10-20-16/h4-5,12-14,19H,3,6-11H2,1-2H3. The lowest BCUT2D eigenvalue weighted by Gasteiger charge is -2.38. The Kier molecular flexibility index (Phi) is 4.12. The van der Waals surface area contributed by atoms with Gasteiger partial charge in [0.05, 0.1) is 18.8 Å². The molecular weight excluding hydrogens is 264 g/mol. The summed E-state index contributed by atoms with van der Waals surface area (Å²) in [5, 5.41) is 11.0. The van der Waals surface area contributed by atoms with Crippen LogP contribution in [0.25, 0.3) is 0 Å². The van der Waals surface area contributed by atoms with E-state index in [1.54, 1.807) is 0 Å². The first-order valence-electron chi connectivity index (χ1n) is 8.21. The molecule has 0 spiro atoms. The van der Waals surface area contributed by atoms with Gasteiger partial charge in [-0.3, -0.25) is 0 Å². The van der Waals surface area contributed by atoms with Gasteiger partial charge in [0.15, 0.2) is 11.5 Å². The van der Waals surface area contributed by atoms with E-state index in [2.05, 4.69) is 13.8 Å². The van der Waals surface area contributed by atoms with E-state index >= 15 is 0 Å². The van der Waals surface area contributed by atoms with Crippen LogP contribution in [0.2, 0.25) is 0 Å². The van der Waals surface area contributed by atoms with Crippen LogP contribution in [0.15, 0.2) is 18.2 Å². The summed E-state index contributed by atoms with van der Waals surface area (Å²) in [6.45, 7) is 5.95. The van der Waals surface area contributed by atoms with Gasteiger partial charge in [-0.1, -0.05) is 19.9 Å². The molecule has 0 unspecified atom stereocenters. The predicted octanol–water partition coefficient (Wildman–Crippen LogP) is 3.88. The van der Waals surface area contributed by atoms with Crippen molar-refractivity contribution in [1.29, 1.82) is 0 Å². The zero-order chi connectivity index (χ0) is 14.9. The molecule has 0 radical (unpaired) electrons. The van der Waals surface area contributed by atoms with E-state index in [1.807, 2.05) is 18.2 Å². The Hall–Kier alpha value is -1.22. The summed E-state index contributed by atoms with van der Waals surface area (Å²) in [5.41, 5.74) is 0.282. The fourth-order valence-corrected chi connectivity index (χ4v) is 3.53. The highest BCUT2D eigenvalue weighted by molar-refractivity contribution is 5.45. The Morgan fingerprint density at radius 1 is 1.10 bits per heavy atom. The second-order valence-corrected chi connectivity index (χ2v) is 6.83. The van der Waals surface area contributed by atoms with Gasteiger partial charge in [-0.15, -0.1) is 0 Å². The second-order valence-electron chi connectivity index (χ2n) is 6.83. The monoisotopic (exact) mass is 290 g/mol. The van der Waals surface area contributed by atoms with Crippen molar-refractivity contribution in [3.8, 4) is 11.5 Å². The normalized spacial score (nSPS) is 29.2. The third-order valence-electron chi connectivity index (χ3n) is 5.09.